The Morgan fingerprint density at radius 3 is 2.50 bits per heavy atom. The normalized spacial score (nSPS) is 11.8. The predicted octanol–water partition coefficient (Wildman–Crippen LogP) is -0.337. The predicted molar refractivity (Wildman–Crippen MR) is 60.4 cm³/mol. The number of carbonyl (C=O) groups excluding carboxylic acids is 1. The number of nitrogens with one attached hydrogen (secondary N) is 1. The minimum atomic E-state index is -1.54. The van der Waals surface area contributed by atoms with Gasteiger partial charge in [0.2, 0.25) is 0 Å². The van der Waals surface area contributed by atoms with Crippen LogP contribution < -0.4 is 5.32 Å². The molecule has 1 atom stereocenters. The summed E-state index contributed by atoms with van der Waals surface area (Å²) in [7, 11) is 0. The number of aromatic hydroxyl groups is 2. The van der Waals surface area contributed by atoms with E-state index >= 15 is 0 Å². The Balaban J connectivity index is 2.53. The first-order valence-corrected chi connectivity index (χ1v) is 5.13. The first-order chi connectivity index (χ1) is 8.41. The average molecular weight is 255 g/mol. The Kier molecular flexibility index (Phi) is 4.50. The molecule has 0 spiro atoms. The molecule has 98 valence electrons. The lowest BCUT2D eigenvalue weighted by Crippen LogP contribution is -2.30. The van der Waals surface area contributed by atoms with E-state index in [4.69, 9.17) is 15.3 Å². The summed E-state index contributed by atoms with van der Waals surface area (Å²) in [6, 6.07) is 3.48. The molecule has 5 N–H and O–H groups in total. The maximum Gasteiger partial charge on any atom is 0.332 e. The summed E-state index contributed by atoms with van der Waals surface area (Å²) in [5, 5.41) is 38.2. The third-order valence-electron chi connectivity index (χ3n) is 2.21. The van der Waals surface area contributed by atoms with Crippen LogP contribution in [0.25, 0.3) is 0 Å². The lowest BCUT2D eigenvalue weighted by Gasteiger charge is -2.08. The molecule has 1 amide bonds. The number of carboxylic acid groups (broad SMARTS) is 1. The molecule has 0 aliphatic carbocycles. The van der Waals surface area contributed by atoms with Gasteiger partial charge in [-0.1, -0.05) is 0 Å². The van der Waals surface area contributed by atoms with E-state index in [1.165, 1.54) is 12.1 Å². The molecule has 0 saturated heterocycles. The number of rotatable bonds is 5. The van der Waals surface area contributed by atoms with Crippen LogP contribution in [0.2, 0.25) is 0 Å². The summed E-state index contributed by atoms with van der Waals surface area (Å²) >= 11 is 0. The van der Waals surface area contributed by atoms with Gasteiger partial charge in [0, 0.05) is 19.0 Å². The number of amides is 1. The van der Waals surface area contributed by atoms with Crippen LogP contribution in [0, 0.1) is 0 Å². The van der Waals surface area contributed by atoms with Crippen molar-refractivity contribution in [2.45, 2.75) is 12.5 Å². The number of benzene rings is 1. The number of aliphatic hydroxyl groups excluding tert-OH is 1. The standard InChI is InChI=1S/C11H13NO6/c13-6-1-2-7(9(15)5-6)10(16)12-4-3-8(14)11(17)18/h1-2,5,8,13-15H,3-4H2,(H,12,16)(H,17,18). The minimum Gasteiger partial charge on any atom is -0.508 e. The highest BCUT2D eigenvalue weighted by molar-refractivity contribution is 5.97. The quantitative estimate of drug-likeness (QED) is 0.490. The molecule has 1 rings (SSSR count). The fourth-order valence-electron chi connectivity index (χ4n) is 1.25. The maximum atomic E-state index is 11.5. The van der Waals surface area contributed by atoms with Gasteiger partial charge in [-0.2, -0.15) is 0 Å². The number of carbonyl (C=O) groups is 2. The molecular weight excluding hydrogens is 242 g/mol. The van der Waals surface area contributed by atoms with E-state index in [0.717, 1.165) is 6.07 Å². The van der Waals surface area contributed by atoms with Crippen molar-refractivity contribution in [3.8, 4) is 11.5 Å². The molecule has 0 aliphatic heterocycles. The summed E-state index contributed by atoms with van der Waals surface area (Å²) in [6.07, 6.45) is -1.68. The van der Waals surface area contributed by atoms with Gasteiger partial charge in [0.15, 0.2) is 6.10 Å². The van der Waals surface area contributed by atoms with Gasteiger partial charge in [-0.15, -0.1) is 0 Å². The van der Waals surface area contributed by atoms with Crippen LogP contribution in [0.5, 0.6) is 11.5 Å². The van der Waals surface area contributed by atoms with Gasteiger partial charge in [0.1, 0.15) is 11.5 Å². The number of aliphatic hydroxyl groups is 1. The summed E-state index contributed by atoms with van der Waals surface area (Å²) in [5.74, 6) is -2.54. The zero-order chi connectivity index (χ0) is 13.7. The molecule has 18 heavy (non-hydrogen) atoms. The summed E-state index contributed by atoms with van der Waals surface area (Å²) in [5.41, 5.74) is -0.0439. The molecule has 1 aromatic rings. The Hall–Kier alpha value is -2.28. The maximum absolute atomic E-state index is 11.5. The Morgan fingerprint density at radius 1 is 1.28 bits per heavy atom. The number of phenolic OH excluding ortho intramolecular Hbond substituents is 2. The Bertz CT molecular complexity index is 459. The SMILES string of the molecule is O=C(NCCC(O)C(=O)O)c1ccc(O)cc1O. The molecule has 0 fully saturated rings. The number of hydrogen-bond donors (Lipinski definition) is 5. The Morgan fingerprint density at radius 2 is 1.94 bits per heavy atom. The van der Waals surface area contributed by atoms with Crippen LogP contribution in [-0.4, -0.2) is 45.0 Å². The van der Waals surface area contributed by atoms with Crippen molar-refractivity contribution in [1.82, 2.24) is 5.32 Å². The molecular formula is C11H13NO6. The first-order valence-electron chi connectivity index (χ1n) is 5.13. The fraction of sp³-hybridized carbons (Fsp3) is 0.273. The minimum absolute atomic E-state index is 0.0439. The van der Waals surface area contributed by atoms with E-state index in [-0.39, 0.29) is 30.0 Å². The highest BCUT2D eigenvalue weighted by Gasteiger charge is 2.15. The number of carboxylic acids is 1. The molecule has 0 radical (unpaired) electrons. The van der Waals surface area contributed by atoms with Gasteiger partial charge in [-0.3, -0.25) is 4.79 Å². The number of aliphatic carboxylic acids is 1. The highest BCUT2D eigenvalue weighted by atomic mass is 16.4. The van der Waals surface area contributed by atoms with Crippen molar-refractivity contribution in [2.75, 3.05) is 6.54 Å². The van der Waals surface area contributed by atoms with Crippen molar-refractivity contribution in [3.05, 3.63) is 23.8 Å². The van der Waals surface area contributed by atoms with Crippen LogP contribution in [-0.2, 0) is 4.79 Å². The van der Waals surface area contributed by atoms with Crippen molar-refractivity contribution in [1.29, 1.82) is 0 Å². The summed E-state index contributed by atoms with van der Waals surface area (Å²) < 4.78 is 0. The van der Waals surface area contributed by atoms with Gasteiger partial charge in [-0.25, -0.2) is 4.79 Å². The third kappa shape index (κ3) is 3.63. The fourth-order valence-corrected chi connectivity index (χ4v) is 1.25. The smallest absolute Gasteiger partial charge is 0.332 e. The number of hydrogen-bond acceptors (Lipinski definition) is 5. The highest BCUT2D eigenvalue weighted by Crippen LogP contribution is 2.22. The van der Waals surface area contributed by atoms with E-state index in [0.29, 0.717) is 0 Å². The molecule has 0 saturated carbocycles. The molecule has 7 nitrogen and oxygen atoms in total. The third-order valence-corrected chi connectivity index (χ3v) is 2.21. The van der Waals surface area contributed by atoms with E-state index < -0.39 is 18.0 Å². The zero-order valence-electron chi connectivity index (χ0n) is 9.33. The Labute approximate surface area is 102 Å². The van der Waals surface area contributed by atoms with Gasteiger partial charge in [0.05, 0.1) is 5.56 Å². The van der Waals surface area contributed by atoms with Gasteiger partial charge >= 0.3 is 5.97 Å². The van der Waals surface area contributed by atoms with Gasteiger partial charge in [0.25, 0.3) is 5.91 Å². The van der Waals surface area contributed by atoms with Crippen LogP contribution in [0.15, 0.2) is 18.2 Å². The van der Waals surface area contributed by atoms with Crippen LogP contribution >= 0.6 is 0 Å². The van der Waals surface area contributed by atoms with Crippen molar-refractivity contribution < 1.29 is 30.0 Å². The monoisotopic (exact) mass is 255 g/mol. The second-order valence-corrected chi connectivity index (χ2v) is 3.60. The molecule has 0 aliphatic rings. The molecule has 0 bridgehead atoms. The van der Waals surface area contributed by atoms with Crippen molar-refractivity contribution >= 4 is 11.9 Å². The molecule has 1 aromatic carbocycles. The molecule has 0 heterocycles. The average Bonchev–Trinajstić information content (AvgIpc) is 2.28. The lowest BCUT2D eigenvalue weighted by atomic mass is 10.1. The van der Waals surface area contributed by atoms with E-state index in [1.54, 1.807) is 0 Å². The van der Waals surface area contributed by atoms with E-state index in [2.05, 4.69) is 5.32 Å². The molecule has 1 unspecified atom stereocenters. The molecule has 0 aromatic heterocycles. The lowest BCUT2D eigenvalue weighted by molar-refractivity contribution is -0.146. The second-order valence-electron chi connectivity index (χ2n) is 3.60. The van der Waals surface area contributed by atoms with E-state index in [1.807, 2.05) is 0 Å². The summed E-state index contributed by atoms with van der Waals surface area (Å²) in [6.45, 7) is -0.0490. The largest absolute Gasteiger partial charge is 0.508 e. The topological polar surface area (TPSA) is 127 Å². The summed E-state index contributed by atoms with van der Waals surface area (Å²) in [4.78, 5) is 21.9. The van der Waals surface area contributed by atoms with Crippen molar-refractivity contribution in [3.63, 3.8) is 0 Å². The second kappa shape index (κ2) is 5.87. The van der Waals surface area contributed by atoms with Crippen molar-refractivity contribution in [2.24, 2.45) is 0 Å². The van der Waals surface area contributed by atoms with Gasteiger partial charge in [-0.05, 0) is 12.1 Å². The first kappa shape index (κ1) is 13.8. The zero-order valence-corrected chi connectivity index (χ0v) is 9.33. The van der Waals surface area contributed by atoms with E-state index in [9.17, 15) is 14.7 Å². The number of phenols is 2. The van der Waals surface area contributed by atoms with Gasteiger partial charge < -0.3 is 25.7 Å². The van der Waals surface area contributed by atoms with Crippen LogP contribution in [0.4, 0.5) is 0 Å². The van der Waals surface area contributed by atoms with Crippen LogP contribution in [0.1, 0.15) is 16.8 Å². The van der Waals surface area contributed by atoms with Crippen LogP contribution in [0.3, 0.4) is 0 Å². The molecule has 7 heteroatoms.